The van der Waals surface area contributed by atoms with Gasteiger partial charge in [-0.2, -0.15) is 0 Å². The Bertz CT molecular complexity index is 331. The second-order valence-electron chi connectivity index (χ2n) is 4.73. The van der Waals surface area contributed by atoms with Gasteiger partial charge in [-0.1, -0.05) is 6.92 Å². The highest BCUT2D eigenvalue weighted by Crippen LogP contribution is 2.22. The lowest BCUT2D eigenvalue weighted by molar-refractivity contribution is -0.00571. The van der Waals surface area contributed by atoms with Crippen molar-refractivity contribution in [1.82, 2.24) is 5.32 Å². The zero-order valence-electron chi connectivity index (χ0n) is 10.9. The van der Waals surface area contributed by atoms with Crippen LogP contribution in [0.15, 0.2) is 12.1 Å². The molecule has 17 heavy (non-hydrogen) atoms. The summed E-state index contributed by atoms with van der Waals surface area (Å²) in [4.78, 5) is 2.97. The van der Waals surface area contributed by atoms with E-state index in [4.69, 9.17) is 4.74 Å². The normalized spacial score (nSPS) is 22.6. The standard InChI is InChI=1S/C14H23NOS/c1-3-11-7-8-12(17-11)10-13(15-2)14-6-4-5-9-16-14/h7-8,13-15H,3-6,9-10H2,1-2H3. The number of hydrogen-bond donors (Lipinski definition) is 1. The summed E-state index contributed by atoms with van der Waals surface area (Å²) in [6, 6.07) is 5.00. The van der Waals surface area contributed by atoms with Crippen LogP contribution in [0, 0.1) is 0 Å². The van der Waals surface area contributed by atoms with E-state index in [0.29, 0.717) is 12.1 Å². The summed E-state index contributed by atoms with van der Waals surface area (Å²) in [6.07, 6.45) is 6.40. The second kappa shape index (κ2) is 6.53. The highest BCUT2D eigenvalue weighted by atomic mass is 32.1. The molecule has 2 atom stereocenters. The number of rotatable bonds is 5. The van der Waals surface area contributed by atoms with Gasteiger partial charge in [-0.3, -0.25) is 0 Å². The second-order valence-corrected chi connectivity index (χ2v) is 5.98. The molecule has 0 aliphatic carbocycles. The molecule has 1 aliphatic rings. The summed E-state index contributed by atoms with van der Waals surface area (Å²) in [6.45, 7) is 3.16. The molecule has 1 saturated heterocycles. The van der Waals surface area contributed by atoms with Gasteiger partial charge >= 0.3 is 0 Å². The molecule has 2 rings (SSSR count). The van der Waals surface area contributed by atoms with Crippen molar-refractivity contribution in [3.05, 3.63) is 21.9 Å². The van der Waals surface area contributed by atoms with Crippen molar-refractivity contribution in [2.45, 2.75) is 51.2 Å². The minimum atomic E-state index is 0.404. The van der Waals surface area contributed by atoms with E-state index in [2.05, 4.69) is 31.4 Å². The molecule has 1 aromatic heterocycles. The predicted octanol–water partition coefficient (Wildman–Crippen LogP) is 3.01. The molecule has 1 N–H and O–H groups in total. The van der Waals surface area contributed by atoms with Crippen molar-refractivity contribution in [1.29, 1.82) is 0 Å². The monoisotopic (exact) mass is 253 g/mol. The third-order valence-corrected chi connectivity index (χ3v) is 4.77. The Balaban J connectivity index is 1.93. The fourth-order valence-electron chi connectivity index (χ4n) is 2.44. The first-order valence-corrected chi connectivity index (χ1v) is 7.51. The maximum atomic E-state index is 5.88. The third kappa shape index (κ3) is 3.54. The van der Waals surface area contributed by atoms with E-state index in [0.717, 1.165) is 19.4 Å². The van der Waals surface area contributed by atoms with Crippen LogP contribution < -0.4 is 5.32 Å². The van der Waals surface area contributed by atoms with E-state index in [1.165, 1.54) is 29.0 Å². The molecule has 0 saturated carbocycles. The Kier molecular flexibility index (Phi) is 5.01. The lowest BCUT2D eigenvalue weighted by Crippen LogP contribution is -2.42. The lowest BCUT2D eigenvalue weighted by atomic mass is 9.99. The van der Waals surface area contributed by atoms with Crippen LogP contribution in [0.5, 0.6) is 0 Å². The summed E-state index contributed by atoms with van der Waals surface area (Å²) in [5.41, 5.74) is 0. The molecule has 0 aromatic carbocycles. The Morgan fingerprint density at radius 3 is 2.82 bits per heavy atom. The third-order valence-electron chi connectivity index (χ3n) is 3.52. The van der Waals surface area contributed by atoms with E-state index in [-0.39, 0.29) is 0 Å². The van der Waals surface area contributed by atoms with Gasteiger partial charge in [0.05, 0.1) is 6.10 Å². The van der Waals surface area contributed by atoms with Crippen molar-refractivity contribution in [3.63, 3.8) is 0 Å². The quantitative estimate of drug-likeness (QED) is 0.871. The minimum Gasteiger partial charge on any atom is -0.377 e. The molecular formula is C14H23NOS. The van der Waals surface area contributed by atoms with Crippen LogP contribution in [0.2, 0.25) is 0 Å². The highest BCUT2D eigenvalue weighted by molar-refractivity contribution is 7.11. The van der Waals surface area contributed by atoms with E-state index >= 15 is 0 Å². The molecular weight excluding hydrogens is 230 g/mol. The molecule has 2 heterocycles. The SMILES string of the molecule is CCc1ccc(CC(NC)C2CCCCO2)s1. The average molecular weight is 253 g/mol. The molecule has 0 radical (unpaired) electrons. The Morgan fingerprint density at radius 2 is 2.24 bits per heavy atom. The van der Waals surface area contributed by atoms with Gasteiger partial charge < -0.3 is 10.1 Å². The zero-order chi connectivity index (χ0) is 12.1. The smallest absolute Gasteiger partial charge is 0.0731 e. The number of aryl methyl sites for hydroxylation is 1. The molecule has 2 nitrogen and oxygen atoms in total. The molecule has 2 unspecified atom stereocenters. The van der Waals surface area contributed by atoms with Crippen LogP contribution in [0.1, 0.15) is 35.9 Å². The van der Waals surface area contributed by atoms with Crippen molar-refractivity contribution < 1.29 is 4.74 Å². The molecule has 0 spiro atoms. The maximum Gasteiger partial charge on any atom is 0.0731 e. The maximum absolute atomic E-state index is 5.88. The van der Waals surface area contributed by atoms with Crippen LogP contribution in [0.3, 0.4) is 0 Å². The Hall–Kier alpha value is -0.380. The summed E-state index contributed by atoms with van der Waals surface area (Å²) >= 11 is 1.95. The van der Waals surface area contributed by atoms with Gasteiger partial charge in [0.2, 0.25) is 0 Å². The molecule has 1 aromatic rings. The number of nitrogens with one attached hydrogen (secondary N) is 1. The summed E-state index contributed by atoms with van der Waals surface area (Å²) < 4.78 is 5.88. The van der Waals surface area contributed by atoms with Crippen LogP contribution in [0.4, 0.5) is 0 Å². The average Bonchev–Trinajstić information content (AvgIpc) is 2.84. The fraction of sp³-hybridized carbons (Fsp3) is 0.714. The molecule has 0 bridgehead atoms. The number of hydrogen-bond acceptors (Lipinski definition) is 3. The number of ether oxygens (including phenoxy) is 1. The molecule has 96 valence electrons. The zero-order valence-corrected chi connectivity index (χ0v) is 11.7. The Morgan fingerprint density at radius 1 is 1.41 bits per heavy atom. The van der Waals surface area contributed by atoms with Gasteiger partial charge in [-0.05, 0) is 51.3 Å². The van der Waals surface area contributed by atoms with Crippen molar-refractivity contribution in [2.75, 3.05) is 13.7 Å². The van der Waals surface area contributed by atoms with Gasteiger partial charge in [0, 0.05) is 22.4 Å². The van der Waals surface area contributed by atoms with E-state index in [1.807, 2.05) is 11.3 Å². The van der Waals surface area contributed by atoms with E-state index in [9.17, 15) is 0 Å². The highest BCUT2D eigenvalue weighted by Gasteiger charge is 2.23. The largest absolute Gasteiger partial charge is 0.377 e. The van der Waals surface area contributed by atoms with Crippen molar-refractivity contribution in [3.8, 4) is 0 Å². The molecule has 0 amide bonds. The van der Waals surface area contributed by atoms with Crippen molar-refractivity contribution >= 4 is 11.3 Å². The lowest BCUT2D eigenvalue weighted by Gasteiger charge is -2.30. The minimum absolute atomic E-state index is 0.404. The van der Waals surface area contributed by atoms with Gasteiger partial charge in [-0.25, -0.2) is 0 Å². The molecule has 1 fully saturated rings. The summed E-state index contributed by atoms with van der Waals surface area (Å²) in [5.74, 6) is 0. The molecule has 3 heteroatoms. The summed E-state index contributed by atoms with van der Waals surface area (Å²) in [7, 11) is 2.05. The van der Waals surface area contributed by atoms with E-state index < -0.39 is 0 Å². The van der Waals surface area contributed by atoms with Gasteiger partial charge in [0.25, 0.3) is 0 Å². The topological polar surface area (TPSA) is 21.3 Å². The predicted molar refractivity (Wildman–Crippen MR) is 73.8 cm³/mol. The van der Waals surface area contributed by atoms with Gasteiger partial charge in [0.15, 0.2) is 0 Å². The first-order chi connectivity index (χ1) is 8.33. The number of likely N-dealkylation sites (N-methyl/N-ethyl adjacent to an activating group) is 1. The first kappa shape index (κ1) is 13.1. The fourth-order valence-corrected chi connectivity index (χ4v) is 3.46. The van der Waals surface area contributed by atoms with Crippen LogP contribution in [-0.2, 0) is 17.6 Å². The van der Waals surface area contributed by atoms with Crippen LogP contribution >= 0.6 is 11.3 Å². The van der Waals surface area contributed by atoms with Crippen LogP contribution in [0.25, 0.3) is 0 Å². The Labute approximate surface area is 108 Å². The number of thiophene rings is 1. The van der Waals surface area contributed by atoms with Gasteiger partial charge in [-0.15, -0.1) is 11.3 Å². The van der Waals surface area contributed by atoms with Gasteiger partial charge in [0.1, 0.15) is 0 Å². The molecule has 1 aliphatic heterocycles. The van der Waals surface area contributed by atoms with Crippen LogP contribution in [-0.4, -0.2) is 25.8 Å². The summed E-state index contributed by atoms with van der Waals surface area (Å²) in [5, 5.41) is 3.43. The van der Waals surface area contributed by atoms with Crippen molar-refractivity contribution in [2.24, 2.45) is 0 Å². The first-order valence-electron chi connectivity index (χ1n) is 6.70. The van der Waals surface area contributed by atoms with E-state index in [1.54, 1.807) is 0 Å².